The minimum atomic E-state index is -0.0700. The Bertz CT molecular complexity index is 838. The van der Waals surface area contributed by atoms with Gasteiger partial charge in [-0.2, -0.15) is 0 Å². The molecule has 27 heavy (non-hydrogen) atoms. The fourth-order valence-corrected chi connectivity index (χ4v) is 3.46. The van der Waals surface area contributed by atoms with Gasteiger partial charge in [0.15, 0.2) is 0 Å². The summed E-state index contributed by atoms with van der Waals surface area (Å²) in [6, 6.07) is 9.77. The number of rotatable bonds is 6. The third-order valence-corrected chi connectivity index (χ3v) is 5.11. The summed E-state index contributed by atoms with van der Waals surface area (Å²) >= 11 is 6.13. The summed E-state index contributed by atoms with van der Waals surface area (Å²) in [5.41, 5.74) is 4.08. The number of methoxy groups -OCH3 is 1. The number of benzene rings is 2. The summed E-state index contributed by atoms with van der Waals surface area (Å²) in [4.78, 5) is 14.7. The quantitative estimate of drug-likeness (QED) is 0.811. The van der Waals surface area contributed by atoms with Crippen LogP contribution in [-0.4, -0.2) is 37.6 Å². The third kappa shape index (κ3) is 4.73. The van der Waals surface area contributed by atoms with Crippen LogP contribution in [0.2, 0.25) is 5.02 Å². The molecule has 0 atom stereocenters. The highest BCUT2D eigenvalue weighted by Crippen LogP contribution is 2.31. The van der Waals surface area contributed by atoms with E-state index >= 15 is 0 Å². The molecule has 5 nitrogen and oxygen atoms in total. The normalized spacial score (nSPS) is 13.8. The summed E-state index contributed by atoms with van der Waals surface area (Å²) in [5, 5.41) is 3.56. The van der Waals surface area contributed by atoms with E-state index in [4.69, 9.17) is 21.1 Å². The van der Waals surface area contributed by atoms with Gasteiger partial charge in [0.1, 0.15) is 11.5 Å². The van der Waals surface area contributed by atoms with E-state index in [1.54, 1.807) is 13.2 Å². The number of anilines is 1. The van der Waals surface area contributed by atoms with Crippen LogP contribution in [0.1, 0.15) is 23.6 Å². The minimum Gasteiger partial charge on any atom is -0.495 e. The molecule has 3 rings (SSSR count). The average molecular weight is 389 g/mol. The fourth-order valence-electron chi connectivity index (χ4n) is 3.31. The molecule has 144 valence electrons. The average Bonchev–Trinajstić information content (AvgIpc) is 2.64. The lowest BCUT2D eigenvalue weighted by molar-refractivity contribution is -0.117. The molecule has 6 heteroatoms. The summed E-state index contributed by atoms with van der Waals surface area (Å²) < 4.78 is 10.9. The Labute approximate surface area is 165 Å². The first-order chi connectivity index (χ1) is 13.0. The number of carbonyl (C=O) groups is 1. The van der Waals surface area contributed by atoms with Crippen molar-refractivity contribution in [3.63, 3.8) is 0 Å². The van der Waals surface area contributed by atoms with Crippen molar-refractivity contribution in [3.05, 3.63) is 52.0 Å². The second-order valence-corrected chi connectivity index (χ2v) is 7.08. The molecule has 0 saturated heterocycles. The molecule has 1 amide bonds. The molecule has 0 radical (unpaired) electrons. The van der Waals surface area contributed by atoms with E-state index in [2.05, 4.69) is 22.3 Å². The first-order valence-corrected chi connectivity index (χ1v) is 9.49. The number of hydrogen-bond donors (Lipinski definition) is 1. The van der Waals surface area contributed by atoms with E-state index in [1.807, 2.05) is 26.0 Å². The minimum absolute atomic E-state index is 0.0700. The smallest absolute Gasteiger partial charge is 0.238 e. The molecule has 0 saturated carbocycles. The van der Waals surface area contributed by atoms with Gasteiger partial charge in [-0.3, -0.25) is 9.69 Å². The van der Waals surface area contributed by atoms with Crippen LogP contribution in [0.5, 0.6) is 11.5 Å². The monoisotopic (exact) mass is 388 g/mol. The van der Waals surface area contributed by atoms with E-state index in [-0.39, 0.29) is 5.91 Å². The van der Waals surface area contributed by atoms with Crippen LogP contribution < -0.4 is 14.8 Å². The molecule has 0 aromatic heterocycles. The van der Waals surface area contributed by atoms with Crippen LogP contribution in [0.3, 0.4) is 0 Å². The Morgan fingerprint density at radius 2 is 2.07 bits per heavy atom. The Morgan fingerprint density at radius 3 is 2.81 bits per heavy atom. The number of fused-ring (bicyclic) bond motifs is 1. The van der Waals surface area contributed by atoms with Gasteiger partial charge >= 0.3 is 0 Å². The molecule has 1 N–H and O–H groups in total. The molecule has 1 aliphatic rings. The van der Waals surface area contributed by atoms with Crippen LogP contribution in [-0.2, 0) is 17.8 Å². The van der Waals surface area contributed by atoms with Crippen molar-refractivity contribution in [1.29, 1.82) is 0 Å². The van der Waals surface area contributed by atoms with Gasteiger partial charge in [0, 0.05) is 24.2 Å². The lowest BCUT2D eigenvalue weighted by Gasteiger charge is -2.28. The zero-order chi connectivity index (χ0) is 19.4. The van der Waals surface area contributed by atoms with E-state index in [9.17, 15) is 4.79 Å². The number of aryl methyl sites for hydroxylation is 1. The van der Waals surface area contributed by atoms with Gasteiger partial charge in [-0.1, -0.05) is 17.7 Å². The third-order valence-electron chi connectivity index (χ3n) is 4.70. The molecular formula is C21H25ClN2O3. The predicted octanol–water partition coefficient (Wildman–Crippen LogP) is 4.05. The zero-order valence-electron chi connectivity index (χ0n) is 16.0. The maximum Gasteiger partial charge on any atom is 0.238 e. The van der Waals surface area contributed by atoms with Crippen LogP contribution in [0.15, 0.2) is 30.3 Å². The molecule has 0 unspecified atom stereocenters. The lowest BCUT2D eigenvalue weighted by atomic mass is 9.99. The fraction of sp³-hybridized carbons (Fsp3) is 0.381. The number of ether oxygens (including phenoxy) is 2. The van der Waals surface area contributed by atoms with Crippen LogP contribution in [0.4, 0.5) is 5.69 Å². The number of nitrogens with zero attached hydrogens (tertiary/aromatic N) is 1. The van der Waals surface area contributed by atoms with E-state index < -0.39 is 0 Å². The Morgan fingerprint density at radius 1 is 1.26 bits per heavy atom. The summed E-state index contributed by atoms with van der Waals surface area (Å²) in [6.45, 7) is 6.43. The van der Waals surface area contributed by atoms with Crippen LogP contribution >= 0.6 is 11.6 Å². The van der Waals surface area contributed by atoms with Gasteiger partial charge in [-0.15, -0.1) is 0 Å². The largest absolute Gasteiger partial charge is 0.495 e. The first-order valence-electron chi connectivity index (χ1n) is 9.11. The standard InChI is InChI=1S/C21H25ClN2O3/c1-4-27-17-6-5-15-7-8-24(12-16(15)10-17)13-21(25)23-19-9-14(2)18(22)11-20(19)26-3/h5-6,9-11H,4,7-8,12-13H2,1-3H3,(H,23,25). The highest BCUT2D eigenvalue weighted by molar-refractivity contribution is 6.31. The number of hydrogen-bond acceptors (Lipinski definition) is 4. The van der Waals surface area contributed by atoms with Crippen LogP contribution in [0, 0.1) is 6.92 Å². The topological polar surface area (TPSA) is 50.8 Å². The van der Waals surface area contributed by atoms with E-state index in [0.717, 1.165) is 30.8 Å². The molecule has 0 bridgehead atoms. The highest BCUT2D eigenvalue weighted by atomic mass is 35.5. The molecule has 0 fully saturated rings. The highest BCUT2D eigenvalue weighted by Gasteiger charge is 2.20. The number of amides is 1. The summed E-state index contributed by atoms with van der Waals surface area (Å²) in [5.74, 6) is 1.37. The van der Waals surface area contributed by atoms with E-state index in [1.165, 1.54) is 11.1 Å². The van der Waals surface area contributed by atoms with Crippen molar-refractivity contribution in [1.82, 2.24) is 4.90 Å². The van der Waals surface area contributed by atoms with Crippen molar-refractivity contribution in [3.8, 4) is 11.5 Å². The first kappa shape index (κ1) is 19.5. The molecule has 0 spiro atoms. The van der Waals surface area contributed by atoms with Gasteiger partial charge in [-0.05, 0) is 55.2 Å². The van der Waals surface area contributed by atoms with Gasteiger partial charge in [0.2, 0.25) is 5.91 Å². The van der Waals surface area contributed by atoms with Gasteiger partial charge in [-0.25, -0.2) is 0 Å². The van der Waals surface area contributed by atoms with Gasteiger partial charge < -0.3 is 14.8 Å². The van der Waals surface area contributed by atoms with E-state index in [0.29, 0.717) is 29.6 Å². The van der Waals surface area contributed by atoms with Crippen molar-refractivity contribution < 1.29 is 14.3 Å². The van der Waals surface area contributed by atoms with Crippen LogP contribution in [0.25, 0.3) is 0 Å². The summed E-state index contributed by atoms with van der Waals surface area (Å²) in [6.07, 6.45) is 0.929. The number of nitrogens with one attached hydrogen (secondary N) is 1. The Kier molecular flexibility index (Phi) is 6.24. The van der Waals surface area contributed by atoms with Crippen molar-refractivity contribution in [2.24, 2.45) is 0 Å². The molecule has 1 aliphatic heterocycles. The second kappa shape index (κ2) is 8.63. The van der Waals surface area contributed by atoms with Crippen molar-refractivity contribution >= 4 is 23.2 Å². The molecule has 2 aromatic carbocycles. The zero-order valence-corrected chi connectivity index (χ0v) is 16.7. The van der Waals surface area contributed by atoms with Gasteiger partial charge in [0.25, 0.3) is 0 Å². The Balaban J connectivity index is 1.65. The maximum atomic E-state index is 12.6. The molecule has 0 aliphatic carbocycles. The molecule has 1 heterocycles. The Hall–Kier alpha value is -2.24. The number of carbonyl (C=O) groups excluding carboxylic acids is 1. The van der Waals surface area contributed by atoms with Crippen molar-refractivity contribution in [2.75, 3.05) is 32.1 Å². The summed E-state index contributed by atoms with van der Waals surface area (Å²) in [7, 11) is 1.56. The van der Waals surface area contributed by atoms with Gasteiger partial charge in [0.05, 0.1) is 25.9 Å². The SMILES string of the molecule is CCOc1ccc2c(c1)CN(CC(=O)Nc1cc(C)c(Cl)cc1OC)CC2. The molecular weight excluding hydrogens is 364 g/mol. The maximum absolute atomic E-state index is 12.6. The number of halogens is 1. The van der Waals surface area contributed by atoms with Crippen molar-refractivity contribution in [2.45, 2.75) is 26.8 Å². The second-order valence-electron chi connectivity index (χ2n) is 6.67. The molecule has 2 aromatic rings. The predicted molar refractivity (Wildman–Crippen MR) is 108 cm³/mol. The lowest BCUT2D eigenvalue weighted by Crippen LogP contribution is -2.37.